The Balaban J connectivity index is 2.34. The number of halogens is 1. The molecule has 0 radical (unpaired) electrons. The number of rotatable bonds is 0. The van der Waals surface area contributed by atoms with Gasteiger partial charge in [-0.15, -0.1) is 0 Å². The van der Waals surface area contributed by atoms with Crippen LogP contribution in [0.3, 0.4) is 0 Å². The lowest BCUT2D eigenvalue weighted by atomic mass is 10.3. The standard InChI is InChI=1S/C12H10ClN3O2S/c1-16-10-3-2-6-14-12(10)15-9-7-8(13)4-5-11(9)19(16,17)18/h2-7H,1H3,(H,14,15). The molecule has 0 unspecified atom stereocenters. The molecular weight excluding hydrogens is 286 g/mol. The van der Waals surface area contributed by atoms with Crippen LogP contribution in [0.5, 0.6) is 0 Å². The van der Waals surface area contributed by atoms with E-state index >= 15 is 0 Å². The lowest BCUT2D eigenvalue weighted by Gasteiger charge is -2.17. The molecule has 0 amide bonds. The molecule has 1 aromatic heterocycles. The van der Waals surface area contributed by atoms with Crippen LogP contribution < -0.4 is 9.62 Å². The normalized spacial score (nSPS) is 16.0. The van der Waals surface area contributed by atoms with E-state index < -0.39 is 10.0 Å². The fourth-order valence-corrected chi connectivity index (χ4v) is 3.48. The zero-order valence-corrected chi connectivity index (χ0v) is 11.5. The van der Waals surface area contributed by atoms with Gasteiger partial charge in [-0.05, 0) is 30.3 Å². The molecule has 0 bridgehead atoms. The Morgan fingerprint density at radius 2 is 2.11 bits per heavy atom. The number of hydrogen-bond acceptors (Lipinski definition) is 4. The summed E-state index contributed by atoms with van der Waals surface area (Å²) in [4.78, 5) is 4.34. The van der Waals surface area contributed by atoms with Crippen LogP contribution in [0, 0.1) is 0 Å². The van der Waals surface area contributed by atoms with Crippen molar-refractivity contribution in [3.63, 3.8) is 0 Å². The van der Waals surface area contributed by atoms with Crippen LogP contribution in [0.25, 0.3) is 0 Å². The molecule has 0 saturated carbocycles. The second-order valence-electron chi connectivity index (χ2n) is 4.11. The minimum atomic E-state index is -3.62. The Morgan fingerprint density at radius 3 is 2.89 bits per heavy atom. The molecule has 1 aliphatic heterocycles. The first-order valence-electron chi connectivity index (χ1n) is 5.51. The first kappa shape index (κ1) is 12.3. The van der Waals surface area contributed by atoms with Crippen LogP contribution in [0.15, 0.2) is 41.4 Å². The number of nitrogens with one attached hydrogen (secondary N) is 1. The summed E-state index contributed by atoms with van der Waals surface area (Å²) < 4.78 is 26.2. The number of anilines is 3. The Hall–Kier alpha value is -1.79. The summed E-state index contributed by atoms with van der Waals surface area (Å²) >= 11 is 5.92. The first-order valence-corrected chi connectivity index (χ1v) is 7.32. The maximum absolute atomic E-state index is 12.5. The van der Waals surface area contributed by atoms with Gasteiger partial charge in [0.2, 0.25) is 0 Å². The molecule has 19 heavy (non-hydrogen) atoms. The van der Waals surface area contributed by atoms with Gasteiger partial charge < -0.3 is 5.32 Å². The van der Waals surface area contributed by atoms with Gasteiger partial charge in [0.1, 0.15) is 4.90 Å². The number of benzene rings is 1. The summed E-state index contributed by atoms with van der Waals surface area (Å²) in [6, 6.07) is 8.00. The number of nitrogens with zero attached hydrogens (tertiary/aromatic N) is 2. The van der Waals surface area contributed by atoms with E-state index in [9.17, 15) is 8.42 Å². The van der Waals surface area contributed by atoms with E-state index in [0.717, 1.165) is 0 Å². The molecule has 2 heterocycles. The second kappa shape index (κ2) is 4.11. The highest BCUT2D eigenvalue weighted by atomic mass is 35.5. The molecule has 7 heteroatoms. The van der Waals surface area contributed by atoms with Crippen molar-refractivity contribution in [3.8, 4) is 0 Å². The van der Waals surface area contributed by atoms with E-state index in [0.29, 0.717) is 22.2 Å². The molecule has 98 valence electrons. The molecule has 0 spiro atoms. The van der Waals surface area contributed by atoms with Crippen LogP contribution in [-0.4, -0.2) is 20.4 Å². The van der Waals surface area contributed by atoms with Gasteiger partial charge in [0.25, 0.3) is 10.0 Å². The number of pyridine rings is 1. The number of aromatic nitrogens is 1. The van der Waals surface area contributed by atoms with Gasteiger partial charge in [-0.2, -0.15) is 0 Å². The molecule has 0 saturated heterocycles. The lowest BCUT2D eigenvalue weighted by molar-refractivity contribution is 0.595. The SMILES string of the molecule is CN1c2cccnc2Nc2cc(Cl)ccc2S1(=O)=O. The van der Waals surface area contributed by atoms with Crippen LogP contribution in [0.4, 0.5) is 17.2 Å². The monoisotopic (exact) mass is 295 g/mol. The van der Waals surface area contributed by atoms with Gasteiger partial charge in [-0.3, -0.25) is 4.31 Å². The van der Waals surface area contributed by atoms with Crippen LogP contribution >= 0.6 is 11.6 Å². The average Bonchev–Trinajstić information content (AvgIpc) is 2.45. The first-order chi connectivity index (χ1) is 9.00. The fraction of sp³-hybridized carbons (Fsp3) is 0.0833. The average molecular weight is 296 g/mol. The number of hydrogen-bond donors (Lipinski definition) is 1. The summed E-state index contributed by atoms with van der Waals surface area (Å²) in [5.74, 6) is 0.481. The maximum Gasteiger partial charge on any atom is 0.266 e. The predicted octanol–water partition coefficient (Wildman–Crippen LogP) is 2.62. The van der Waals surface area contributed by atoms with E-state index in [4.69, 9.17) is 11.6 Å². The molecule has 2 aromatic rings. The minimum absolute atomic E-state index is 0.178. The molecule has 0 atom stereocenters. The molecule has 3 rings (SSSR count). The summed E-state index contributed by atoms with van der Waals surface area (Å²) in [6.07, 6.45) is 1.60. The number of fused-ring (bicyclic) bond motifs is 2. The second-order valence-corrected chi connectivity index (χ2v) is 6.48. The summed E-state index contributed by atoms with van der Waals surface area (Å²) in [7, 11) is -2.11. The highest BCUT2D eigenvalue weighted by Crippen LogP contribution is 2.38. The molecule has 1 aliphatic rings. The Kier molecular flexibility index (Phi) is 2.65. The van der Waals surface area contributed by atoms with E-state index in [1.165, 1.54) is 17.4 Å². The Bertz CT molecular complexity index is 761. The quantitative estimate of drug-likeness (QED) is 0.811. The van der Waals surface area contributed by atoms with Gasteiger partial charge in [-0.1, -0.05) is 11.6 Å². The fourth-order valence-electron chi connectivity index (χ4n) is 1.98. The van der Waals surface area contributed by atoms with Crippen molar-refractivity contribution in [3.05, 3.63) is 41.6 Å². The maximum atomic E-state index is 12.5. The topological polar surface area (TPSA) is 62.3 Å². The van der Waals surface area contributed by atoms with Gasteiger partial charge >= 0.3 is 0 Å². The van der Waals surface area contributed by atoms with Crippen molar-refractivity contribution in [2.24, 2.45) is 0 Å². The third-order valence-electron chi connectivity index (χ3n) is 2.96. The van der Waals surface area contributed by atoms with Crippen molar-refractivity contribution in [1.29, 1.82) is 0 Å². The Labute approximate surface area is 115 Å². The van der Waals surface area contributed by atoms with E-state index in [2.05, 4.69) is 10.3 Å². The van der Waals surface area contributed by atoms with Gasteiger partial charge in [-0.25, -0.2) is 13.4 Å². The zero-order chi connectivity index (χ0) is 13.6. The van der Waals surface area contributed by atoms with Crippen LogP contribution in [0.1, 0.15) is 0 Å². The van der Waals surface area contributed by atoms with Crippen molar-refractivity contribution >= 4 is 38.8 Å². The van der Waals surface area contributed by atoms with Crippen molar-refractivity contribution in [1.82, 2.24) is 4.98 Å². The highest BCUT2D eigenvalue weighted by molar-refractivity contribution is 7.93. The van der Waals surface area contributed by atoms with E-state index in [-0.39, 0.29) is 4.90 Å². The molecule has 5 nitrogen and oxygen atoms in total. The molecule has 0 aliphatic carbocycles. The zero-order valence-electron chi connectivity index (χ0n) is 9.96. The van der Waals surface area contributed by atoms with Gasteiger partial charge in [0, 0.05) is 18.3 Å². The predicted molar refractivity (Wildman–Crippen MR) is 74.6 cm³/mol. The smallest absolute Gasteiger partial charge is 0.266 e. The highest BCUT2D eigenvalue weighted by Gasteiger charge is 2.30. The molecule has 1 aromatic carbocycles. The van der Waals surface area contributed by atoms with Crippen molar-refractivity contribution in [2.45, 2.75) is 4.90 Å². The van der Waals surface area contributed by atoms with Crippen LogP contribution in [0.2, 0.25) is 5.02 Å². The Morgan fingerprint density at radius 1 is 1.32 bits per heavy atom. The molecular formula is C12H10ClN3O2S. The van der Waals surface area contributed by atoms with Gasteiger partial charge in [0.05, 0.1) is 11.4 Å². The van der Waals surface area contributed by atoms with Crippen molar-refractivity contribution < 1.29 is 8.42 Å². The summed E-state index contributed by atoms with van der Waals surface area (Å²) in [6.45, 7) is 0. The summed E-state index contributed by atoms with van der Waals surface area (Å²) in [5, 5.41) is 3.48. The van der Waals surface area contributed by atoms with E-state index in [1.807, 2.05) is 0 Å². The lowest BCUT2D eigenvalue weighted by Crippen LogP contribution is -2.25. The number of sulfonamides is 1. The third-order valence-corrected chi connectivity index (χ3v) is 5.02. The largest absolute Gasteiger partial charge is 0.337 e. The van der Waals surface area contributed by atoms with Crippen LogP contribution in [-0.2, 0) is 10.0 Å². The molecule has 1 N–H and O–H groups in total. The summed E-state index contributed by atoms with van der Waals surface area (Å²) in [5.41, 5.74) is 0.923. The molecule has 0 fully saturated rings. The van der Waals surface area contributed by atoms with Crippen molar-refractivity contribution in [2.75, 3.05) is 16.7 Å². The third kappa shape index (κ3) is 1.84. The van der Waals surface area contributed by atoms with Gasteiger partial charge in [0.15, 0.2) is 5.82 Å². The van der Waals surface area contributed by atoms with E-state index in [1.54, 1.807) is 30.5 Å². The minimum Gasteiger partial charge on any atom is -0.337 e.